The van der Waals surface area contributed by atoms with E-state index in [1.807, 2.05) is 9.80 Å². The largest absolute Gasteiger partial charge is 0.378 e. The number of nitrogens with zero attached hydrogens (tertiary/aromatic N) is 2. The number of piperidine rings is 1. The van der Waals surface area contributed by atoms with Crippen LogP contribution in [0.25, 0.3) is 0 Å². The number of amides is 2. The van der Waals surface area contributed by atoms with Crippen molar-refractivity contribution in [1.29, 1.82) is 0 Å². The predicted molar refractivity (Wildman–Crippen MR) is 97.0 cm³/mol. The molecule has 3 heterocycles. The lowest BCUT2D eigenvalue weighted by Crippen LogP contribution is -2.44. The molecule has 5 nitrogen and oxygen atoms in total. The van der Waals surface area contributed by atoms with Crippen LogP contribution in [0.2, 0.25) is 0 Å². The lowest BCUT2D eigenvalue weighted by molar-refractivity contribution is -0.140. The Morgan fingerprint density at radius 1 is 1.04 bits per heavy atom. The van der Waals surface area contributed by atoms with E-state index in [1.54, 1.807) is 11.3 Å². The summed E-state index contributed by atoms with van der Waals surface area (Å²) in [5.41, 5.74) is 1.23. The number of carbonyl (C=O) groups is 2. The lowest BCUT2D eigenvalue weighted by Gasteiger charge is -2.31. The molecule has 1 aromatic heterocycles. The molecule has 136 valence electrons. The van der Waals surface area contributed by atoms with Gasteiger partial charge < -0.3 is 14.5 Å². The predicted octanol–water partition coefficient (Wildman–Crippen LogP) is 2.34. The van der Waals surface area contributed by atoms with E-state index in [4.69, 9.17) is 4.74 Å². The van der Waals surface area contributed by atoms with E-state index < -0.39 is 0 Å². The van der Waals surface area contributed by atoms with Gasteiger partial charge in [-0.1, -0.05) is 0 Å². The van der Waals surface area contributed by atoms with Crippen LogP contribution in [-0.4, -0.2) is 61.0 Å². The molecule has 1 atom stereocenters. The maximum absolute atomic E-state index is 12.7. The molecule has 2 amide bonds. The molecule has 0 radical (unpaired) electrons. The number of thiophene rings is 1. The fraction of sp³-hybridized carbons (Fsp3) is 0.684. The van der Waals surface area contributed by atoms with Gasteiger partial charge in [-0.2, -0.15) is 0 Å². The quantitative estimate of drug-likeness (QED) is 0.811. The molecule has 2 fully saturated rings. The minimum absolute atomic E-state index is 0.0677. The van der Waals surface area contributed by atoms with Crippen LogP contribution in [0.4, 0.5) is 0 Å². The first kappa shape index (κ1) is 17.0. The summed E-state index contributed by atoms with van der Waals surface area (Å²) in [6, 6.07) is 2.07. The minimum Gasteiger partial charge on any atom is -0.378 e. The molecule has 0 spiro atoms. The summed E-state index contributed by atoms with van der Waals surface area (Å²) in [5.74, 6) is 0.525. The molecule has 6 heteroatoms. The number of ether oxygens (including phenoxy) is 1. The summed E-state index contributed by atoms with van der Waals surface area (Å²) in [6.07, 6.45) is 6.08. The zero-order valence-electron chi connectivity index (χ0n) is 14.7. The van der Waals surface area contributed by atoms with Gasteiger partial charge in [0.05, 0.1) is 18.1 Å². The molecular formula is C19H26N2O3S. The molecular weight excluding hydrogens is 336 g/mol. The van der Waals surface area contributed by atoms with E-state index in [0.29, 0.717) is 26.3 Å². The van der Waals surface area contributed by atoms with E-state index in [2.05, 4.69) is 6.07 Å². The number of aryl methyl sites for hydroxylation is 1. The van der Waals surface area contributed by atoms with Crippen molar-refractivity contribution in [3.05, 3.63) is 21.4 Å². The highest BCUT2D eigenvalue weighted by atomic mass is 32.1. The van der Waals surface area contributed by atoms with Crippen LogP contribution in [0, 0.1) is 5.92 Å². The Morgan fingerprint density at radius 3 is 2.56 bits per heavy atom. The van der Waals surface area contributed by atoms with Gasteiger partial charge in [0.15, 0.2) is 0 Å². The van der Waals surface area contributed by atoms with Crippen LogP contribution in [0.5, 0.6) is 0 Å². The third-order valence-corrected chi connectivity index (χ3v) is 6.83. The van der Waals surface area contributed by atoms with Crippen LogP contribution >= 0.6 is 11.3 Å². The van der Waals surface area contributed by atoms with Gasteiger partial charge in [-0.3, -0.25) is 9.59 Å². The van der Waals surface area contributed by atoms with Crippen LogP contribution in [0.3, 0.4) is 0 Å². The number of hydrogen-bond donors (Lipinski definition) is 0. The molecule has 0 N–H and O–H groups in total. The summed E-state index contributed by atoms with van der Waals surface area (Å²) in [6.45, 7) is 4.50. The highest BCUT2D eigenvalue weighted by Crippen LogP contribution is 2.34. The average molecular weight is 362 g/mol. The van der Waals surface area contributed by atoms with Crippen molar-refractivity contribution in [2.45, 2.75) is 38.5 Å². The van der Waals surface area contributed by atoms with E-state index in [9.17, 15) is 9.59 Å². The van der Waals surface area contributed by atoms with Gasteiger partial charge in [0.25, 0.3) is 5.91 Å². The highest BCUT2D eigenvalue weighted by molar-refractivity contribution is 7.14. The summed E-state index contributed by atoms with van der Waals surface area (Å²) in [4.78, 5) is 31.6. The van der Waals surface area contributed by atoms with Crippen molar-refractivity contribution in [2.24, 2.45) is 5.92 Å². The molecule has 2 aliphatic heterocycles. The van der Waals surface area contributed by atoms with Crippen molar-refractivity contribution in [3.63, 3.8) is 0 Å². The fourth-order valence-electron chi connectivity index (χ4n) is 4.13. The van der Waals surface area contributed by atoms with E-state index >= 15 is 0 Å². The summed E-state index contributed by atoms with van der Waals surface area (Å²) in [5, 5.41) is 0. The maximum atomic E-state index is 12.7. The van der Waals surface area contributed by atoms with Crippen LogP contribution in [0.15, 0.2) is 6.07 Å². The molecule has 4 rings (SSSR count). The van der Waals surface area contributed by atoms with E-state index in [0.717, 1.165) is 50.1 Å². The molecule has 25 heavy (non-hydrogen) atoms. The Balaban J connectivity index is 1.43. The molecule has 1 aromatic rings. The third kappa shape index (κ3) is 3.60. The first-order valence-electron chi connectivity index (χ1n) is 9.50. The highest BCUT2D eigenvalue weighted by Gasteiger charge is 2.31. The number of carbonyl (C=O) groups excluding carboxylic acids is 2. The number of morpholine rings is 1. The van der Waals surface area contributed by atoms with Gasteiger partial charge in [-0.15, -0.1) is 11.3 Å². The van der Waals surface area contributed by atoms with Crippen molar-refractivity contribution >= 4 is 23.2 Å². The van der Waals surface area contributed by atoms with Gasteiger partial charge in [0.1, 0.15) is 0 Å². The first-order valence-corrected chi connectivity index (χ1v) is 10.3. The second-order valence-electron chi connectivity index (χ2n) is 7.29. The number of fused-ring (bicyclic) bond motifs is 1. The molecule has 0 aromatic carbocycles. The standard InChI is InChI=1S/C19H26N2O3S/c22-18(21-8-10-24-11-9-21)14-4-5-16-15(12-14)13-17(25-16)19(23)20-6-2-1-3-7-20/h13-14H,1-12H2/t14-/m0/s1. The minimum atomic E-state index is 0.0677. The Morgan fingerprint density at radius 2 is 1.80 bits per heavy atom. The number of likely N-dealkylation sites (tertiary alicyclic amines) is 1. The second-order valence-corrected chi connectivity index (χ2v) is 8.43. The van der Waals surface area contributed by atoms with Crippen LogP contribution < -0.4 is 0 Å². The van der Waals surface area contributed by atoms with E-state index in [1.165, 1.54) is 16.9 Å². The van der Waals surface area contributed by atoms with Gasteiger partial charge in [0, 0.05) is 37.0 Å². The third-order valence-electron chi connectivity index (χ3n) is 5.61. The topological polar surface area (TPSA) is 49.9 Å². The Hall–Kier alpha value is -1.40. The summed E-state index contributed by atoms with van der Waals surface area (Å²) < 4.78 is 5.35. The number of hydrogen-bond acceptors (Lipinski definition) is 4. The van der Waals surface area contributed by atoms with Gasteiger partial charge in [0.2, 0.25) is 5.91 Å². The SMILES string of the molecule is O=C(c1cc2c(s1)CC[C@H](C(=O)N1CCOCC1)C2)N1CCCCC1. The van der Waals surface area contributed by atoms with Crippen LogP contribution in [0.1, 0.15) is 45.8 Å². The maximum Gasteiger partial charge on any atom is 0.263 e. The molecule has 0 bridgehead atoms. The van der Waals surface area contributed by atoms with Crippen LogP contribution in [-0.2, 0) is 22.4 Å². The molecule has 2 saturated heterocycles. The van der Waals surface area contributed by atoms with Gasteiger partial charge in [-0.05, 0) is 50.2 Å². The van der Waals surface area contributed by atoms with Gasteiger partial charge >= 0.3 is 0 Å². The fourth-order valence-corrected chi connectivity index (χ4v) is 5.31. The van der Waals surface area contributed by atoms with Crippen molar-refractivity contribution in [2.75, 3.05) is 39.4 Å². The summed E-state index contributed by atoms with van der Waals surface area (Å²) in [7, 11) is 0. The number of rotatable bonds is 2. The van der Waals surface area contributed by atoms with Crippen molar-refractivity contribution < 1.29 is 14.3 Å². The zero-order chi connectivity index (χ0) is 17.2. The van der Waals surface area contributed by atoms with Crippen molar-refractivity contribution in [1.82, 2.24) is 9.80 Å². The smallest absolute Gasteiger partial charge is 0.263 e. The molecule has 3 aliphatic rings. The zero-order valence-corrected chi connectivity index (χ0v) is 15.5. The van der Waals surface area contributed by atoms with E-state index in [-0.39, 0.29) is 17.7 Å². The molecule has 0 saturated carbocycles. The normalized spacial score (nSPS) is 24.1. The Kier molecular flexibility index (Phi) is 5.08. The molecule has 0 unspecified atom stereocenters. The molecule has 1 aliphatic carbocycles. The average Bonchev–Trinajstić information content (AvgIpc) is 3.11. The Bertz CT molecular complexity index is 645. The Labute approximate surface area is 152 Å². The second kappa shape index (κ2) is 7.46. The lowest BCUT2D eigenvalue weighted by atomic mass is 9.87. The van der Waals surface area contributed by atoms with Crippen molar-refractivity contribution in [3.8, 4) is 0 Å². The van der Waals surface area contributed by atoms with Gasteiger partial charge in [-0.25, -0.2) is 0 Å². The first-order chi connectivity index (χ1) is 12.2. The monoisotopic (exact) mass is 362 g/mol. The summed E-state index contributed by atoms with van der Waals surface area (Å²) >= 11 is 1.65.